The molecule has 0 saturated heterocycles. The number of carbonyl (C=O) groups excluding carboxylic acids is 1. The summed E-state index contributed by atoms with van der Waals surface area (Å²) in [6.07, 6.45) is 3.67. The predicted octanol–water partition coefficient (Wildman–Crippen LogP) is 0.604. The van der Waals surface area contributed by atoms with Crippen LogP contribution in [-0.4, -0.2) is 53.0 Å². The van der Waals surface area contributed by atoms with Gasteiger partial charge in [0, 0.05) is 25.3 Å². The van der Waals surface area contributed by atoms with Crippen LogP contribution in [0.1, 0.15) is 33.7 Å². The van der Waals surface area contributed by atoms with E-state index < -0.39 is 5.97 Å². The molecular formula is C13H17N3O3. The molecule has 1 aromatic rings. The average molecular weight is 263 g/mol. The van der Waals surface area contributed by atoms with E-state index in [0.29, 0.717) is 12.6 Å². The summed E-state index contributed by atoms with van der Waals surface area (Å²) in [7, 11) is 2.05. The molecule has 2 rings (SSSR count). The third-order valence-corrected chi connectivity index (χ3v) is 3.16. The van der Waals surface area contributed by atoms with Gasteiger partial charge in [-0.05, 0) is 32.0 Å². The first-order valence-electron chi connectivity index (χ1n) is 6.25. The van der Waals surface area contributed by atoms with Crippen LogP contribution in [0.3, 0.4) is 0 Å². The lowest BCUT2D eigenvalue weighted by Crippen LogP contribution is -2.34. The van der Waals surface area contributed by atoms with Crippen LogP contribution in [0.15, 0.2) is 18.3 Å². The van der Waals surface area contributed by atoms with Crippen molar-refractivity contribution >= 4 is 11.9 Å². The number of carboxylic acids is 1. The minimum atomic E-state index is -1.05. The van der Waals surface area contributed by atoms with E-state index in [1.54, 1.807) is 0 Å². The van der Waals surface area contributed by atoms with Crippen molar-refractivity contribution in [2.24, 2.45) is 0 Å². The Hall–Kier alpha value is -1.95. The van der Waals surface area contributed by atoms with Gasteiger partial charge in [-0.15, -0.1) is 0 Å². The smallest absolute Gasteiger partial charge is 0.337 e. The van der Waals surface area contributed by atoms with Crippen LogP contribution in [-0.2, 0) is 0 Å². The number of aromatic carboxylic acids is 1. The van der Waals surface area contributed by atoms with E-state index in [1.807, 2.05) is 7.05 Å². The molecule has 102 valence electrons. The molecule has 1 heterocycles. The third kappa shape index (κ3) is 3.75. The predicted molar refractivity (Wildman–Crippen MR) is 69.2 cm³/mol. The van der Waals surface area contributed by atoms with E-state index >= 15 is 0 Å². The van der Waals surface area contributed by atoms with Gasteiger partial charge in [0.05, 0.1) is 5.56 Å². The molecule has 6 nitrogen and oxygen atoms in total. The maximum atomic E-state index is 11.8. The molecule has 0 bridgehead atoms. The molecule has 0 unspecified atom stereocenters. The lowest BCUT2D eigenvalue weighted by Gasteiger charge is -2.15. The summed E-state index contributed by atoms with van der Waals surface area (Å²) in [5.41, 5.74) is 0.309. The highest BCUT2D eigenvalue weighted by atomic mass is 16.4. The fraction of sp³-hybridized carbons (Fsp3) is 0.462. The van der Waals surface area contributed by atoms with Crippen LogP contribution in [0, 0.1) is 0 Å². The van der Waals surface area contributed by atoms with Gasteiger partial charge in [0.2, 0.25) is 0 Å². The number of hydrogen-bond donors (Lipinski definition) is 2. The van der Waals surface area contributed by atoms with Gasteiger partial charge in [-0.2, -0.15) is 0 Å². The van der Waals surface area contributed by atoms with Gasteiger partial charge in [0.25, 0.3) is 5.91 Å². The van der Waals surface area contributed by atoms with E-state index in [9.17, 15) is 9.59 Å². The van der Waals surface area contributed by atoms with E-state index in [0.717, 1.165) is 6.54 Å². The largest absolute Gasteiger partial charge is 0.478 e. The zero-order chi connectivity index (χ0) is 13.8. The molecule has 0 aromatic carbocycles. The second kappa shape index (κ2) is 5.79. The molecule has 0 spiro atoms. The maximum absolute atomic E-state index is 11.8. The first-order valence-corrected chi connectivity index (χ1v) is 6.25. The van der Waals surface area contributed by atoms with Crippen molar-refractivity contribution in [1.29, 1.82) is 0 Å². The zero-order valence-corrected chi connectivity index (χ0v) is 10.8. The topological polar surface area (TPSA) is 82.5 Å². The lowest BCUT2D eigenvalue weighted by atomic mass is 10.2. The number of nitrogens with zero attached hydrogens (tertiary/aromatic N) is 2. The number of carbonyl (C=O) groups is 2. The van der Waals surface area contributed by atoms with Gasteiger partial charge in [0.15, 0.2) is 0 Å². The normalized spacial score (nSPS) is 14.4. The Bertz CT molecular complexity index is 469. The maximum Gasteiger partial charge on any atom is 0.337 e. The van der Waals surface area contributed by atoms with Crippen LogP contribution in [0.25, 0.3) is 0 Å². The molecule has 1 aromatic heterocycles. The third-order valence-electron chi connectivity index (χ3n) is 3.16. The monoisotopic (exact) mass is 263 g/mol. The van der Waals surface area contributed by atoms with Crippen molar-refractivity contribution in [2.75, 3.05) is 20.1 Å². The van der Waals surface area contributed by atoms with Gasteiger partial charge in [-0.3, -0.25) is 9.78 Å². The number of rotatable bonds is 6. The van der Waals surface area contributed by atoms with Crippen LogP contribution < -0.4 is 5.32 Å². The molecular weight excluding hydrogens is 246 g/mol. The molecule has 1 aliphatic rings. The molecule has 2 N–H and O–H groups in total. The molecule has 1 fully saturated rings. The molecule has 1 saturated carbocycles. The fourth-order valence-electron chi connectivity index (χ4n) is 1.79. The number of aromatic nitrogens is 1. The van der Waals surface area contributed by atoms with Gasteiger partial charge >= 0.3 is 5.97 Å². The summed E-state index contributed by atoms with van der Waals surface area (Å²) in [4.78, 5) is 28.5. The number of hydrogen-bond acceptors (Lipinski definition) is 4. The minimum Gasteiger partial charge on any atom is -0.478 e. The quantitative estimate of drug-likeness (QED) is 0.785. The number of nitrogens with one attached hydrogen (secondary N) is 1. The summed E-state index contributed by atoms with van der Waals surface area (Å²) in [5.74, 6) is -1.33. The molecule has 6 heteroatoms. The Kier molecular flexibility index (Phi) is 4.11. The van der Waals surface area contributed by atoms with Crippen molar-refractivity contribution in [1.82, 2.24) is 15.2 Å². The van der Waals surface area contributed by atoms with Crippen LogP contribution >= 0.6 is 0 Å². The Morgan fingerprint density at radius 1 is 1.47 bits per heavy atom. The Balaban J connectivity index is 1.80. The van der Waals surface area contributed by atoms with Gasteiger partial charge < -0.3 is 15.3 Å². The summed E-state index contributed by atoms with van der Waals surface area (Å²) in [6.45, 7) is 1.37. The molecule has 1 amide bonds. The van der Waals surface area contributed by atoms with Crippen molar-refractivity contribution in [3.63, 3.8) is 0 Å². The van der Waals surface area contributed by atoms with Crippen LogP contribution in [0.2, 0.25) is 0 Å². The minimum absolute atomic E-state index is 0.0741. The zero-order valence-electron chi connectivity index (χ0n) is 10.8. The van der Waals surface area contributed by atoms with Gasteiger partial charge in [-0.1, -0.05) is 0 Å². The van der Waals surface area contributed by atoms with E-state index in [-0.39, 0.29) is 17.2 Å². The highest BCUT2D eigenvalue weighted by molar-refractivity contribution is 5.93. The van der Waals surface area contributed by atoms with E-state index in [2.05, 4.69) is 15.2 Å². The highest BCUT2D eigenvalue weighted by Crippen LogP contribution is 2.24. The van der Waals surface area contributed by atoms with Crippen molar-refractivity contribution in [2.45, 2.75) is 18.9 Å². The SMILES string of the molecule is CN(CCNC(=O)c1ccc(C(=O)O)cn1)C1CC1. The first-order chi connectivity index (χ1) is 9.08. The van der Waals surface area contributed by atoms with Gasteiger partial charge in [-0.25, -0.2) is 4.79 Å². The van der Waals surface area contributed by atoms with Crippen LogP contribution in [0.5, 0.6) is 0 Å². The molecule has 0 atom stereocenters. The summed E-state index contributed by atoms with van der Waals surface area (Å²) in [5, 5.41) is 11.5. The number of likely N-dealkylation sites (N-methyl/N-ethyl adjacent to an activating group) is 1. The van der Waals surface area contributed by atoms with Crippen molar-refractivity contribution in [3.8, 4) is 0 Å². The number of amides is 1. The average Bonchev–Trinajstić information content (AvgIpc) is 3.23. The first kappa shape index (κ1) is 13.5. The Morgan fingerprint density at radius 3 is 2.74 bits per heavy atom. The van der Waals surface area contributed by atoms with E-state index in [4.69, 9.17) is 5.11 Å². The second-order valence-electron chi connectivity index (χ2n) is 4.70. The van der Waals surface area contributed by atoms with E-state index in [1.165, 1.54) is 31.2 Å². The summed E-state index contributed by atoms with van der Waals surface area (Å²) >= 11 is 0. The second-order valence-corrected chi connectivity index (χ2v) is 4.70. The Labute approximate surface area is 111 Å². The van der Waals surface area contributed by atoms with Crippen molar-refractivity contribution in [3.05, 3.63) is 29.6 Å². The summed E-state index contributed by atoms with van der Waals surface area (Å²) < 4.78 is 0. The molecule has 0 radical (unpaired) electrons. The van der Waals surface area contributed by atoms with Crippen molar-refractivity contribution < 1.29 is 14.7 Å². The Morgan fingerprint density at radius 2 is 2.21 bits per heavy atom. The summed E-state index contributed by atoms with van der Waals surface area (Å²) in [6, 6.07) is 3.47. The highest BCUT2D eigenvalue weighted by Gasteiger charge is 2.25. The number of pyridine rings is 1. The van der Waals surface area contributed by atoms with Gasteiger partial charge in [0.1, 0.15) is 5.69 Å². The fourth-order valence-corrected chi connectivity index (χ4v) is 1.79. The standard InChI is InChI=1S/C13H17N3O3/c1-16(10-3-4-10)7-6-14-12(17)11-5-2-9(8-15-11)13(18)19/h2,5,8,10H,3-4,6-7H2,1H3,(H,14,17)(H,18,19). The number of carboxylic acid groups (broad SMARTS) is 1. The van der Waals surface area contributed by atoms with Crippen LogP contribution in [0.4, 0.5) is 0 Å². The lowest BCUT2D eigenvalue weighted by molar-refractivity contribution is 0.0695. The molecule has 0 aliphatic heterocycles. The molecule has 19 heavy (non-hydrogen) atoms. The molecule has 1 aliphatic carbocycles.